The van der Waals surface area contributed by atoms with Crippen molar-refractivity contribution in [3.05, 3.63) is 0 Å². The first kappa shape index (κ1) is 14.3. The van der Waals surface area contributed by atoms with Gasteiger partial charge < -0.3 is 20.4 Å². The molecule has 3 fully saturated rings. The molecule has 0 radical (unpaired) electrons. The van der Waals surface area contributed by atoms with Gasteiger partial charge in [0.2, 0.25) is 0 Å². The molecule has 3 aliphatic carbocycles. The van der Waals surface area contributed by atoms with E-state index in [0.29, 0.717) is 6.42 Å². The molecule has 20 heavy (non-hydrogen) atoms. The van der Waals surface area contributed by atoms with Crippen molar-refractivity contribution in [2.75, 3.05) is 0 Å². The smallest absolute Gasteiger partial charge is 0.321 e. The third-order valence-electron chi connectivity index (χ3n) is 4.73. The summed E-state index contributed by atoms with van der Waals surface area (Å²) in [6, 6.07) is 0. The monoisotopic (exact) mass is 286 g/mol. The molecule has 4 unspecified atom stereocenters. The second-order valence-electron chi connectivity index (χ2n) is 5.46. The molecule has 3 rings (SSSR count). The predicted molar refractivity (Wildman–Crippen MR) is 60.8 cm³/mol. The van der Waals surface area contributed by atoms with Crippen LogP contribution in [0.4, 0.5) is 0 Å². The number of aliphatic carboxylic acids is 4. The molecule has 0 saturated heterocycles. The van der Waals surface area contributed by atoms with Gasteiger partial charge in [0.05, 0.1) is 11.8 Å². The van der Waals surface area contributed by atoms with Gasteiger partial charge in [0, 0.05) is 0 Å². The zero-order valence-electron chi connectivity index (χ0n) is 10.4. The van der Waals surface area contributed by atoms with E-state index >= 15 is 0 Å². The Morgan fingerprint density at radius 3 is 1.70 bits per heavy atom. The topological polar surface area (TPSA) is 149 Å². The summed E-state index contributed by atoms with van der Waals surface area (Å²) in [5, 5.41) is 37.0. The number of hydrogen-bond acceptors (Lipinski definition) is 4. The SMILES string of the molecule is O=C(O)C1C2CCC(C1C(=O)O)C(C(=O)O)(C(=O)O)C2. The minimum absolute atomic E-state index is 0.101. The van der Waals surface area contributed by atoms with Crippen LogP contribution in [-0.2, 0) is 19.2 Å². The van der Waals surface area contributed by atoms with E-state index < -0.39 is 53.0 Å². The van der Waals surface area contributed by atoms with Crippen LogP contribution < -0.4 is 0 Å². The molecule has 0 aromatic rings. The summed E-state index contributed by atoms with van der Waals surface area (Å²) in [7, 11) is 0. The van der Waals surface area contributed by atoms with Crippen LogP contribution in [0.25, 0.3) is 0 Å². The first-order valence-electron chi connectivity index (χ1n) is 6.16. The summed E-state index contributed by atoms with van der Waals surface area (Å²) in [6.45, 7) is 0. The Kier molecular flexibility index (Phi) is 3.19. The van der Waals surface area contributed by atoms with E-state index in [1.54, 1.807) is 0 Å². The molecule has 0 aliphatic heterocycles. The molecular weight excluding hydrogens is 272 g/mol. The lowest BCUT2D eigenvalue weighted by Gasteiger charge is -2.52. The number of carboxylic acids is 4. The van der Waals surface area contributed by atoms with Crippen molar-refractivity contribution in [3.8, 4) is 0 Å². The highest BCUT2D eigenvalue weighted by Crippen LogP contribution is 2.58. The van der Waals surface area contributed by atoms with Gasteiger partial charge in [-0.05, 0) is 31.1 Å². The second-order valence-corrected chi connectivity index (χ2v) is 5.46. The molecule has 0 aromatic heterocycles. The van der Waals surface area contributed by atoms with Gasteiger partial charge in [-0.25, -0.2) is 0 Å². The molecule has 0 heterocycles. The van der Waals surface area contributed by atoms with Crippen molar-refractivity contribution < 1.29 is 39.6 Å². The average Bonchev–Trinajstić information content (AvgIpc) is 2.36. The van der Waals surface area contributed by atoms with Crippen LogP contribution in [0.2, 0.25) is 0 Å². The van der Waals surface area contributed by atoms with Gasteiger partial charge in [0.1, 0.15) is 0 Å². The van der Waals surface area contributed by atoms with Crippen molar-refractivity contribution in [1.82, 2.24) is 0 Å². The standard InChI is InChI=1S/C12H14O8/c13-8(14)6-4-1-2-5(7(6)9(15)16)12(3-4,10(17)18)11(19)20/h4-7H,1-3H2,(H,13,14)(H,15,16)(H,17,18)(H,19,20). The van der Waals surface area contributed by atoms with Crippen LogP contribution in [0.1, 0.15) is 19.3 Å². The van der Waals surface area contributed by atoms with Gasteiger partial charge in [-0.3, -0.25) is 19.2 Å². The van der Waals surface area contributed by atoms with Crippen molar-refractivity contribution >= 4 is 23.9 Å². The molecule has 8 nitrogen and oxygen atoms in total. The Morgan fingerprint density at radius 1 is 0.800 bits per heavy atom. The van der Waals surface area contributed by atoms with Gasteiger partial charge >= 0.3 is 23.9 Å². The van der Waals surface area contributed by atoms with Gasteiger partial charge in [0.25, 0.3) is 0 Å². The first-order chi connectivity index (χ1) is 9.23. The maximum atomic E-state index is 11.4. The van der Waals surface area contributed by atoms with E-state index in [0.717, 1.165) is 0 Å². The highest BCUT2D eigenvalue weighted by molar-refractivity contribution is 6.00. The minimum atomic E-state index is -2.20. The molecule has 8 heteroatoms. The third-order valence-corrected chi connectivity index (χ3v) is 4.73. The van der Waals surface area contributed by atoms with Crippen molar-refractivity contribution in [2.45, 2.75) is 19.3 Å². The van der Waals surface area contributed by atoms with Crippen LogP contribution >= 0.6 is 0 Å². The molecule has 2 bridgehead atoms. The molecule has 0 spiro atoms. The number of carbonyl (C=O) groups is 4. The lowest BCUT2D eigenvalue weighted by molar-refractivity contribution is -0.196. The first-order valence-corrected chi connectivity index (χ1v) is 6.16. The number of hydrogen-bond donors (Lipinski definition) is 4. The minimum Gasteiger partial charge on any atom is -0.481 e. The fraction of sp³-hybridized carbons (Fsp3) is 0.667. The van der Waals surface area contributed by atoms with Crippen LogP contribution in [-0.4, -0.2) is 44.3 Å². The lowest BCUT2D eigenvalue weighted by atomic mass is 9.48. The zero-order valence-corrected chi connectivity index (χ0v) is 10.4. The Labute approximate surface area is 113 Å². The Hall–Kier alpha value is -2.12. The van der Waals surface area contributed by atoms with Crippen LogP contribution in [0.3, 0.4) is 0 Å². The number of fused-ring (bicyclic) bond motifs is 3. The summed E-state index contributed by atoms with van der Waals surface area (Å²) >= 11 is 0. The highest BCUT2D eigenvalue weighted by Gasteiger charge is 2.67. The van der Waals surface area contributed by atoms with E-state index in [4.69, 9.17) is 5.11 Å². The second kappa shape index (κ2) is 4.46. The van der Waals surface area contributed by atoms with Crippen LogP contribution in [0.5, 0.6) is 0 Å². The molecule has 3 aliphatic rings. The summed E-state index contributed by atoms with van der Waals surface area (Å²) in [5.74, 6) is -10.6. The number of carboxylic acid groups (broad SMARTS) is 4. The molecule has 3 saturated carbocycles. The normalized spacial score (nSPS) is 34.4. The van der Waals surface area contributed by atoms with E-state index in [1.165, 1.54) is 0 Å². The highest BCUT2D eigenvalue weighted by atomic mass is 16.4. The lowest BCUT2D eigenvalue weighted by Crippen LogP contribution is -2.61. The summed E-state index contributed by atoms with van der Waals surface area (Å²) in [5.41, 5.74) is -2.20. The Balaban J connectivity index is 2.55. The molecule has 4 N–H and O–H groups in total. The van der Waals surface area contributed by atoms with Gasteiger partial charge in [-0.1, -0.05) is 0 Å². The zero-order chi connectivity index (χ0) is 15.2. The molecule has 0 amide bonds. The Morgan fingerprint density at radius 2 is 1.30 bits per heavy atom. The van der Waals surface area contributed by atoms with Crippen molar-refractivity contribution in [1.29, 1.82) is 0 Å². The molecule has 0 aromatic carbocycles. The van der Waals surface area contributed by atoms with E-state index in [2.05, 4.69) is 0 Å². The summed E-state index contributed by atoms with van der Waals surface area (Å²) in [4.78, 5) is 45.5. The van der Waals surface area contributed by atoms with Gasteiger partial charge in [0.15, 0.2) is 5.41 Å². The quantitative estimate of drug-likeness (QED) is 0.526. The van der Waals surface area contributed by atoms with Crippen LogP contribution in [0, 0.1) is 29.1 Å². The van der Waals surface area contributed by atoms with E-state index in [-0.39, 0.29) is 12.8 Å². The molecule has 4 atom stereocenters. The fourth-order valence-electron chi connectivity index (χ4n) is 3.91. The average molecular weight is 286 g/mol. The van der Waals surface area contributed by atoms with Crippen molar-refractivity contribution in [3.63, 3.8) is 0 Å². The van der Waals surface area contributed by atoms with Crippen LogP contribution in [0.15, 0.2) is 0 Å². The van der Waals surface area contributed by atoms with E-state index in [1.807, 2.05) is 0 Å². The molecular formula is C12H14O8. The molecule has 110 valence electrons. The maximum Gasteiger partial charge on any atom is 0.321 e. The fourth-order valence-corrected chi connectivity index (χ4v) is 3.91. The van der Waals surface area contributed by atoms with Gasteiger partial charge in [-0.15, -0.1) is 0 Å². The predicted octanol–water partition coefficient (Wildman–Crippen LogP) is -0.0265. The summed E-state index contributed by atoms with van der Waals surface area (Å²) < 4.78 is 0. The summed E-state index contributed by atoms with van der Waals surface area (Å²) in [6.07, 6.45) is 0.112. The largest absolute Gasteiger partial charge is 0.481 e. The Bertz CT molecular complexity index is 482. The van der Waals surface area contributed by atoms with Crippen molar-refractivity contribution in [2.24, 2.45) is 29.1 Å². The van der Waals surface area contributed by atoms with E-state index in [9.17, 15) is 34.5 Å². The van der Waals surface area contributed by atoms with Gasteiger partial charge in [-0.2, -0.15) is 0 Å². The number of rotatable bonds is 4. The maximum absolute atomic E-state index is 11.4. The third kappa shape index (κ3) is 1.67.